The number of hydrogen-bond donors (Lipinski definition) is 0. The monoisotopic (exact) mass is 290 g/mol. The van der Waals surface area contributed by atoms with Gasteiger partial charge in [-0.15, -0.1) is 0 Å². The van der Waals surface area contributed by atoms with Gasteiger partial charge in [-0.05, 0) is 24.3 Å². The van der Waals surface area contributed by atoms with Gasteiger partial charge in [-0.3, -0.25) is 0 Å². The second-order valence-corrected chi connectivity index (χ2v) is 4.71. The maximum atomic E-state index is 12.6. The highest BCUT2D eigenvalue weighted by atomic mass is 35.5. The molecule has 0 atom stereocenters. The van der Waals surface area contributed by atoms with E-state index in [-0.39, 0.29) is 10.2 Å². The minimum atomic E-state index is -4.44. The molecule has 7 heteroatoms. The first-order valence-electron chi connectivity index (χ1n) is 4.79. The Morgan fingerprint density at radius 2 is 1.89 bits per heavy atom. The summed E-state index contributed by atoms with van der Waals surface area (Å²) in [5, 5.41) is 0.525. The second-order valence-electron chi connectivity index (χ2n) is 3.28. The average Bonchev–Trinajstić information content (AvgIpc) is 2.28. The van der Waals surface area contributed by atoms with E-state index in [9.17, 15) is 13.2 Å². The van der Waals surface area contributed by atoms with E-state index in [0.29, 0.717) is 5.03 Å². The van der Waals surface area contributed by atoms with Crippen LogP contribution < -0.4 is 0 Å². The fraction of sp³-hybridized carbons (Fsp3) is 0.0909. The molecule has 0 amide bonds. The van der Waals surface area contributed by atoms with Crippen molar-refractivity contribution in [3.05, 3.63) is 47.2 Å². The largest absolute Gasteiger partial charge is 0.416 e. The Labute approximate surface area is 110 Å². The van der Waals surface area contributed by atoms with Crippen LogP contribution >= 0.6 is 23.4 Å². The lowest BCUT2D eigenvalue weighted by Gasteiger charge is -2.08. The van der Waals surface area contributed by atoms with Crippen molar-refractivity contribution in [2.75, 3.05) is 0 Å². The zero-order valence-electron chi connectivity index (χ0n) is 8.78. The van der Waals surface area contributed by atoms with Gasteiger partial charge >= 0.3 is 6.18 Å². The molecule has 0 radical (unpaired) electrons. The van der Waals surface area contributed by atoms with E-state index < -0.39 is 11.7 Å². The van der Waals surface area contributed by atoms with Crippen molar-refractivity contribution in [1.29, 1.82) is 0 Å². The maximum Gasteiger partial charge on any atom is 0.416 e. The summed E-state index contributed by atoms with van der Waals surface area (Å²) in [5.74, 6) is 0. The molecule has 0 fully saturated rings. The van der Waals surface area contributed by atoms with Gasteiger partial charge in [0.05, 0.1) is 5.56 Å². The molecule has 0 bridgehead atoms. The third kappa shape index (κ3) is 3.36. The predicted octanol–water partition coefficient (Wildman–Crippen LogP) is 4.30. The normalized spacial score (nSPS) is 11.6. The molecule has 0 unspecified atom stereocenters. The highest BCUT2D eigenvalue weighted by Crippen LogP contribution is 2.34. The molecule has 0 spiro atoms. The molecule has 0 aliphatic carbocycles. The fourth-order valence-corrected chi connectivity index (χ4v) is 2.27. The summed E-state index contributed by atoms with van der Waals surface area (Å²) < 4.78 is 37.7. The molecule has 0 aromatic carbocycles. The maximum absolute atomic E-state index is 12.6. The number of nitrogens with zero attached hydrogens (tertiary/aromatic N) is 2. The van der Waals surface area contributed by atoms with E-state index in [1.165, 1.54) is 0 Å². The number of hydrogen-bond acceptors (Lipinski definition) is 3. The number of rotatable bonds is 2. The smallest absolute Gasteiger partial charge is 0.250 e. The van der Waals surface area contributed by atoms with Crippen molar-refractivity contribution in [3.63, 3.8) is 0 Å². The number of aromatic nitrogens is 2. The van der Waals surface area contributed by atoms with Crippen LogP contribution in [0.25, 0.3) is 0 Å². The second kappa shape index (κ2) is 5.16. The zero-order valence-corrected chi connectivity index (χ0v) is 10.4. The van der Waals surface area contributed by atoms with Crippen molar-refractivity contribution >= 4 is 23.4 Å². The summed E-state index contributed by atoms with van der Waals surface area (Å²) in [6, 6.07) is 6.89. The van der Waals surface area contributed by atoms with Gasteiger partial charge in [0.2, 0.25) is 0 Å². The summed E-state index contributed by atoms with van der Waals surface area (Å²) in [6.07, 6.45) is -2.89. The average molecular weight is 291 g/mol. The first kappa shape index (κ1) is 13.2. The van der Waals surface area contributed by atoms with Crippen molar-refractivity contribution in [2.24, 2.45) is 0 Å². The number of halogens is 4. The van der Waals surface area contributed by atoms with Crippen molar-refractivity contribution < 1.29 is 13.2 Å². The third-order valence-electron chi connectivity index (χ3n) is 1.94. The third-order valence-corrected chi connectivity index (χ3v) is 3.01. The Balaban J connectivity index is 2.32. The van der Waals surface area contributed by atoms with E-state index >= 15 is 0 Å². The Hall–Kier alpha value is -1.27. The molecule has 2 nitrogen and oxygen atoms in total. The number of pyridine rings is 2. The lowest BCUT2D eigenvalue weighted by atomic mass is 10.3. The fourth-order valence-electron chi connectivity index (χ4n) is 1.20. The SMILES string of the molecule is FC(F)(F)c1cc(Cl)nc(Sc2ccccn2)c1. The van der Waals surface area contributed by atoms with Crippen LogP contribution in [0.1, 0.15) is 5.56 Å². The Morgan fingerprint density at radius 3 is 2.50 bits per heavy atom. The Morgan fingerprint density at radius 1 is 1.11 bits per heavy atom. The highest BCUT2D eigenvalue weighted by molar-refractivity contribution is 7.99. The van der Waals surface area contributed by atoms with Crippen LogP contribution in [0, 0.1) is 0 Å². The topological polar surface area (TPSA) is 25.8 Å². The molecule has 2 aromatic rings. The first-order valence-corrected chi connectivity index (χ1v) is 5.98. The van der Waals surface area contributed by atoms with Gasteiger partial charge in [-0.2, -0.15) is 13.2 Å². The van der Waals surface area contributed by atoms with Gasteiger partial charge in [-0.1, -0.05) is 29.4 Å². The molecule has 94 valence electrons. The van der Waals surface area contributed by atoms with Crippen LogP contribution in [0.2, 0.25) is 5.15 Å². The van der Waals surface area contributed by atoms with E-state index in [2.05, 4.69) is 9.97 Å². The van der Waals surface area contributed by atoms with Crippen molar-refractivity contribution in [3.8, 4) is 0 Å². The van der Waals surface area contributed by atoms with E-state index in [0.717, 1.165) is 23.9 Å². The summed E-state index contributed by atoms with van der Waals surface area (Å²) >= 11 is 6.60. The van der Waals surface area contributed by atoms with E-state index in [4.69, 9.17) is 11.6 Å². The van der Waals surface area contributed by atoms with Gasteiger partial charge in [0.1, 0.15) is 15.2 Å². The number of alkyl halides is 3. The van der Waals surface area contributed by atoms with Crippen LogP contribution in [0.4, 0.5) is 13.2 Å². The molecule has 0 aliphatic heterocycles. The van der Waals surface area contributed by atoms with E-state index in [1.54, 1.807) is 24.4 Å². The molecule has 2 rings (SSSR count). The quantitative estimate of drug-likeness (QED) is 0.771. The summed E-state index contributed by atoms with van der Waals surface area (Å²) in [5.41, 5.74) is -0.819. The predicted molar refractivity (Wildman–Crippen MR) is 62.6 cm³/mol. The minimum Gasteiger partial charge on any atom is -0.250 e. The van der Waals surface area contributed by atoms with Crippen molar-refractivity contribution in [2.45, 2.75) is 16.2 Å². The molecule has 2 heterocycles. The molecular formula is C11H6ClF3N2S. The summed E-state index contributed by atoms with van der Waals surface area (Å²) in [6.45, 7) is 0. The van der Waals surface area contributed by atoms with Crippen molar-refractivity contribution in [1.82, 2.24) is 9.97 Å². The Kier molecular flexibility index (Phi) is 3.77. The van der Waals surface area contributed by atoms with E-state index in [1.807, 2.05) is 0 Å². The van der Waals surface area contributed by atoms with Gasteiger partial charge in [-0.25, -0.2) is 9.97 Å². The Bertz CT molecular complexity index is 546. The van der Waals surface area contributed by atoms with Crippen LogP contribution in [-0.2, 0) is 6.18 Å². The molecule has 2 aromatic heterocycles. The molecular weight excluding hydrogens is 285 g/mol. The summed E-state index contributed by atoms with van der Waals surface area (Å²) in [7, 11) is 0. The van der Waals surface area contributed by atoms with Crippen LogP contribution in [0.15, 0.2) is 46.6 Å². The summed E-state index contributed by atoms with van der Waals surface area (Å²) in [4.78, 5) is 7.83. The van der Waals surface area contributed by atoms with Gasteiger partial charge in [0.25, 0.3) is 0 Å². The molecule has 18 heavy (non-hydrogen) atoms. The van der Waals surface area contributed by atoms with Gasteiger partial charge in [0, 0.05) is 6.20 Å². The van der Waals surface area contributed by atoms with Crippen LogP contribution in [-0.4, -0.2) is 9.97 Å². The van der Waals surface area contributed by atoms with Gasteiger partial charge < -0.3 is 0 Å². The molecule has 0 N–H and O–H groups in total. The zero-order chi connectivity index (χ0) is 13.2. The molecule has 0 saturated heterocycles. The lowest BCUT2D eigenvalue weighted by Crippen LogP contribution is -2.05. The van der Waals surface area contributed by atoms with Crippen LogP contribution in [0.5, 0.6) is 0 Å². The lowest BCUT2D eigenvalue weighted by molar-refractivity contribution is -0.137. The van der Waals surface area contributed by atoms with Gasteiger partial charge in [0.15, 0.2) is 0 Å². The van der Waals surface area contributed by atoms with Crippen LogP contribution in [0.3, 0.4) is 0 Å². The first-order chi connectivity index (χ1) is 8.45. The standard InChI is InChI=1S/C11H6ClF3N2S/c12-8-5-7(11(13,14)15)6-10(17-8)18-9-3-1-2-4-16-9/h1-6H. The minimum absolute atomic E-state index is 0.161. The molecule has 0 aliphatic rings. The molecule has 0 saturated carbocycles. The highest BCUT2D eigenvalue weighted by Gasteiger charge is 2.31.